The van der Waals surface area contributed by atoms with E-state index >= 15 is 0 Å². The lowest BCUT2D eigenvalue weighted by Gasteiger charge is -2.26. The standard InChI is InChI=1S/C20H29N3O2S2/c1-5-15-23(16-6-2)20-10-8-7-9-19(20)21-26(24)17-11-13-18(14-12-17)27(25)22(3)4/h7-14,21H,5-6,15-16H2,1-4H3. The number of anilines is 2. The molecule has 0 bridgehead atoms. The predicted octanol–water partition coefficient (Wildman–Crippen LogP) is 4.03. The van der Waals surface area contributed by atoms with Crippen molar-refractivity contribution in [3.8, 4) is 0 Å². The van der Waals surface area contributed by atoms with Gasteiger partial charge >= 0.3 is 0 Å². The average Bonchev–Trinajstić information content (AvgIpc) is 2.67. The normalized spacial score (nSPS) is 13.4. The maximum Gasteiger partial charge on any atom is 0.150 e. The highest BCUT2D eigenvalue weighted by atomic mass is 32.2. The zero-order valence-electron chi connectivity index (χ0n) is 16.5. The molecule has 148 valence electrons. The van der Waals surface area contributed by atoms with Gasteiger partial charge < -0.3 is 4.90 Å². The maximum atomic E-state index is 12.8. The minimum absolute atomic E-state index is 0.654. The van der Waals surface area contributed by atoms with Gasteiger partial charge in [0.1, 0.15) is 22.0 Å². The second-order valence-electron chi connectivity index (χ2n) is 6.41. The Kier molecular flexibility index (Phi) is 8.47. The monoisotopic (exact) mass is 407 g/mol. The van der Waals surface area contributed by atoms with Gasteiger partial charge in [-0.25, -0.2) is 12.7 Å². The second-order valence-corrected chi connectivity index (χ2v) is 9.32. The van der Waals surface area contributed by atoms with Gasteiger partial charge in [-0.05, 0) is 63.3 Å². The van der Waals surface area contributed by atoms with E-state index in [2.05, 4.69) is 29.5 Å². The van der Waals surface area contributed by atoms with Gasteiger partial charge in [0.15, 0.2) is 0 Å². The van der Waals surface area contributed by atoms with Crippen LogP contribution in [0.5, 0.6) is 0 Å². The van der Waals surface area contributed by atoms with Gasteiger partial charge in [0, 0.05) is 13.1 Å². The molecule has 0 aliphatic rings. The lowest BCUT2D eigenvalue weighted by molar-refractivity contribution is 0.602. The Labute approximate surface area is 167 Å². The number of nitrogens with one attached hydrogen (secondary N) is 1. The molecule has 1 N–H and O–H groups in total. The zero-order valence-corrected chi connectivity index (χ0v) is 18.1. The van der Waals surface area contributed by atoms with Crippen LogP contribution in [0.15, 0.2) is 58.3 Å². The molecule has 0 saturated carbocycles. The van der Waals surface area contributed by atoms with Crippen molar-refractivity contribution >= 4 is 33.3 Å². The molecule has 0 radical (unpaired) electrons. The van der Waals surface area contributed by atoms with E-state index in [9.17, 15) is 8.42 Å². The molecule has 0 aliphatic carbocycles. The summed E-state index contributed by atoms with van der Waals surface area (Å²) in [6, 6.07) is 15.0. The van der Waals surface area contributed by atoms with E-state index in [1.54, 1.807) is 42.7 Å². The number of nitrogens with zero attached hydrogens (tertiary/aromatic N) is 2. The summed E-state index contributed by atoms with van der Waals surface area (Å²) >= 11 is 0. The van der Waals surface area contributed by atoms with E-state index in [4.69, 9.17) is 0 Å². The molecule has 2 aromatic rings. The van der Waals surface area contributed by atoms with Gasteiger partial charge in [-0.15, -0.1) is 0 Å². The number of hydrogen-bond acceptors (Lipinski definition) is 3. The van der Waals surface area contributed by atoms with Crippen LogP contribution in [0.1, 0.15) is 26.7 Å². The first kappa shape index (κ1) is 21.6. The predicted molar refractivity (Wildman–Crippen MR) is 116 cm³/mol. The van der Waals surface area contributed by atoms with Crippen LogP contribution >= 0.6 is 0 Å². The molecule has 0 saturated heterocycles. The summed E-state index contributed by atoms with van der Waals surface area (Å²) in [7, 11) is 0.933. The quantitative estimate of drug-likeness (QED) is 0.647. The van der Waals surface area contributed by atoms with E-state index in [0.717, 1.165) is 37.3 Å². The maximum absolute atomic E-state index is 12.8. The molecule has 0 fully saturated rings. The minimum Gasteiger partial charge on any atom is -0.370 e. The third kappa shape index (κ3) is 5.89. The van der Waals surface area contributed by atoms with Crippen LogP contribution in [0.25, 0.3) is 0 Å². The smallest absolute Gasteiger partial charge is 0.150 e. The van der Waals surface area contributed by atoms with E-state index in [1.165, 1.54) is 0 Å². The molecule has 27 heavy (non-hydrogen) atoms. The number of para-hydroxylation sites is 2. The average molecular weight is 408 g/mol. The zero-order chi connectivity index (χ0) is 19.8. The molecule has 0 spiro atoms. The lowest BCUT2D eigenvalue weighted by atomic mass is 10.2. The van der Waals surface area contributed by atoms with E-state index in [1.807, 2.05) is 18.2 Å². The highest BCUT2D eigenvalue weighted by Crippen LogP contribution is 2.27. The Morgan fingerprint density at radius 2 is 1.41 bits per heavy atom. The van der Waals surface area contributed by atoms with Crippen LogP contribution in [0.4, 0.5) is 11.4 Å². The van der Waals surface area contributed by atoms with Crippen LogP contribution in [0.3, 0.4) is 0 Å². The van der Waals surface area contributed by atoms with E-state index in [-0.39, 0.29) is 0 Å². The van der Waals surface area contributed by atoms with Crippen molar-refractivity contribution in [2.24, 2.45) is 0 Å². The van der Waals surface area contributed by atoms with Crippen molar-refractivity contribution in [1.82, 2.24) is 4.31 Å². The fourth-order valence-corrected chi connectivity index (χ4v) is 4.44. The van der Waals surface area contributed by atoms with Crippen LogP contribution < -0.4 is 9.62 Å². The Balaban J connectivity index is 2.19. The fourth-order valence-electron chi connectivity index (χ4n) is 2.78. The van der Waals surface area contributed by atoms with Crippen LogP contribution in [-0.2, 0) is 22.0 Å². The van der Waals surface area contributed by atoms with Crippen molar-refractivity contribution in [3.05, 3.63) is 48.5 Å². The van der Waals surface area contributed by atoms with Gasteiger partial charge in [-0.1, -0.05) is 26.0 Å². The van der Waals surface area contributed by atoms with Crippen molar-refractivity contribution in [2.75, 3.05) is 36.8 Å². The van der Waals surface area contributed by atoms with Crippen molar-refractivity contribution in [3.63, 3.8) is 0 Å². The largest absolute Gasteiger partial charge is 0.370 e. The molecule has 0 amide bonds. The molecule has 7 heteroatoms. The van der Waals surface area contributed by atoms with E-state index in [0.29, 0.717) is 9.79 Å². The van der Waals surface area contributed by atoms with E-state index < -0.39 is 22.0 Å². The first-order valence-electron chi connectivity index (χ1n) is 9.19. The highest BCUT2D eigenvalue weighted by Gasteiger charge is 2.13. The summed E-state index contributed by atoms with van der Waals surface area (Å²) < 4.78 is 29.7. The minimum atomic E-state index is -1.39. The van der Waals surface area contributed by atoms with Gasteiger partial charge in [0.05, 0.1) is 21.2 Å². The fraction of sp³-hybridized carbons (Fsp3) is 0.400. The number of hydrogen-bond donors (Lipinski definition) is 1. The Morgan fingerprint density at radius 3 is 1.96 bits per heavy atom. The topological polar surface area (TPSA) is 52.7 Å². The third-order valence-corrected chi connectivity index (χ3v) is 6.45. The highest BCUT2D eigenvalue weighted by molar-refractivity contribution is 7.86. The van der Waals surface area contributed by atoms with Crippen LogP contribution in [-0.4, -0.2) is 39.9 Å². The summed E-state index contributed by atoms with van der Waals surface area (Å²) in [6.45, 7) is 6.25. The van der Waals surface area contributed by atoms with Crippen molar-refractivity contribution in [2.45, 2.75) is 36.5 Å². The molecule has 2 atom stereocenters. The van der Waals surface area contributed by atoms with Gasteiger partial charge in [-0.2, -0.15) is 0 Å². The van der Waals surface area contributed by atoms with Crippen LogP contribution in [0, 0.1) is 0 Å². The first-order chi connectivity index (χ1) is 13.0. The molecule has 0 aromatic heterocycles. The summed E-state index contributed by atoms with van der Waals surface area (Å²) in [5.74, 6) is 0. The molecule has 2 aromatic carbocycles. The summed E-state index contributed by atoms with van der Waals surface area (Å²) in [5, 5.41) is 0. The van der Waals surface area contributed by atoms with Crippen LogP contribution in [0.2, 0.25) is 0 Å². The lowest BCUT2D eigenvalue weighted by Crippen LogP contribution is -2.26. The summed E-state index contributed by atoms with van der Waals surface area (Å²) in [4.78, 5) is 3.67. The van der Waals surface area contributed by atoms with Gasteiger partial charge in [-0.3, -0.25) is 4.72 Å². The Bertz CT molecular complexity index is 773. The van der Waals surface area contributed by atoms with Crippen molar-refractivity contribution in [1.29, 1.82) is 0 Å². The molecular formula is C20H29N3O2S2. The first-order valence-corrected chi connectivity index (χ1v) is 11.4. The van der Waals surface area contributed by atoms with Crippen molar-refractivity contribution < 1.29 is 8.42 Å². The van der Waals surface area contributed by atoms with Gasteiger partial charge in [0.25, 0.3) is 0 Å². The molecule has 5 nitrogen and oxygen atoms in total. The Hall–Kier alpha value is -1.70. The molecular weight excluding hydrogens is 378 g/mol. The second kappa shape index (κ2) is 10.6. The molecule has 2 rings (SSSR count). The molecule has 2 unspecified atom stereocenters. The van der Waals surface area contributed by atoms with Gasteiger partial charge in [0.2, 0.25) is 0 Å². The number of rotatable bonds is 10. The third-order valence-electron chi connectivity index (χ3n) is 4.01. The molecule has 0 heterocycles. The molecule has 0 aliphatic heterocycles. The number of benzene rings is 2. The Morgan fingerprint density at radius 1 is 0.852 bits per heavy atom. The summed E-state index contributed by atoms with van der Waals surface area (Å²) in [5.41, 5.74) is 1.93. The summed E-state index contributed by atoms with van der Waals surface area (Å²) in [6.07, 6.45) is 2.11. The SMILES string of the molecule is CCCN(CCC)c1ccccc1NS(=O)c1ccc(S(=O)N(C)C)cc1.